The van der Waals surface area contributed by atoms with Crippen LogP contribution in [0.25, 0.3) is 0 Å². The predicted octanol–water partition coefficient (Wildman–Crippen LogP) is 2.85. The summed E-state index contributed by atoms with van der Waals surface area (Å²) in [6.45, 7) is 1.45. The van der Waals surface area contributed by atoms with Crippen LogP contribution in [0.3, 0.4) is 0 Å². The predicted molar refractivity (Wildman–Crippen MR) is 57.9 cm³/mol. The average Bonchev–Trinajstić information content (AvgIpc) is 2.16. The van der Waals surface area contributed by atoms with E-state index in [0.29, 0.717) is 10.9 Å². The smallest absolute Gasteiger partial charge is 0.307 e. The summed E-state index contributed by atoms with van der Waals surface area (Å²) in [7, 11) is 0. The summed E-state index contributed by atoms with van der Waals surface area (Å²) in [4.78, 5) is 14.5. The van der Waals surface area contributed by atoms with E-state index in [4.69, 9.17) is 5.11 Å². The number of hydrogen-bond donors (Lipinski definition) is 1. The van der Waals surface area contributed by atoms with E-state index < -0.39 is 18.8 Å². The van der Waals surface area contributed by atoms with E-state index in [1.54, 1.807) is 0 Å². The first kappa shape index (κ1) is 13.0. The second-order valence-electron chi connectivity index (χ2n) is 3.27. The van der Waals surface area contributed by atoms with Crippen molar-refractivity contribution in [1.82, 2.24) is 4.98 Å². The van der Waals surface area contributed by atoms with E-state index in [2.05, 4.69) is 20.9 Å². The molecule has 1 heterocycles. The van der Waals surface area contributed by atoms with Crippen molar-refractivity contribution in [3.05, 3.63) is 28.6 Å². The average molecular weight is 294 g/mol. The molecule has 0 radical (unpaired) electrons. The molecule has 0 atom stereocenters. The Kier molecular flexibility index (Phi) is 4.35. The number of alkyl halides is 3. The van der Waals surface area contributed by atoms with Crippen LogP contribution in [0.1, 0.15) is 28.8 Å². The van der Waals surface area contributed by atoms with Gasteiger partial charge in [-0.2, -0.15) is 0 Å². The molecule has 1 aromatic rings. The van der Waals surface area contributed by atoms with Gasteiger partial charge in [0.25, 0.3) is 6.43 Å². The highest BCUT2D eigenvalue weighted by atomic mass is 79.9. The third-order valence-electron chi connectivity index (χ3n) is 2.21. The number of halogens is 3. The molecular weight excluding hydrogens is 284 g/mol. The largest absolute Gasteiger partial charge is 0.481 e. The minimum atomic E-state index is -2.71. The Hall–Kier alpha value is -1.04. The monoisotopic (exact) mass is 293 g/mol. The molecule has 0 fully saturated rings. The number of hydrogen-bond acceptors (Lipinski definition) is 2. The molecule has 0 aliphatic heterocycles. The molecule has 88 valence electrons. The molecule has 0 bridgehead atoms. The van der Waals surface area contributed by atoms with Crippen LogP contribution in [0.5, 0.6) is 0 Å². The SMILES string of the molecule is Cc1ncc(CBr)c(CC(=O)O)c1C(F)F. The van der Waals surface area contributed by atoms with Crippen molar-refractivity contribution in [3.8, 4) is 0 Å². The Morgan fingerprint density at radius 2 is 2.25 bits per heavy atom. The molecule has 1 N–H and O–H groups in total. The van der Waals surface area contributed by atoms with Crippen LogP contribution in [0.2, 0.25) is 0 Å². The van der Waals surface area contributed by atoms with E-state index in [-0.39, 0.29) is 16.8 Å². The van der Waals surface area contributed by atoms with Crippen molar-refractivity contribution in [2.75, 3.05) is 0 Å². The molecule has 0 aliphatic carbocycles. The Labute approximate surface area is 99.6 Å². The summed E-state index contributed by atoms with van der Waals surface area (Å²) in [5.41, 5.74) is 0.561. The van der Waals surface area contributed by atoms with Gasteiger partial charge in [-0.05, 0) is 18.1 Å². The second kappa shape index (κ2) is 5.34. The number of aliphatic carboxylic acids is 1. The number of pyridine rings is 1. The topological polar surface area (TPSA) is 50.2 Å². The Morgan fingerprint density at radius 1 is 1.62 bits per heavy atom. The number of aromatic nitrogens is 1. The summed E-state index contributed by atoms with van der Waals surface area (Å²) in [6.07, 6.45) is -1.70. The van der Waals surface area contributed by atoms with Crippen LogP contribution < -0.4 is 0 Å². The van der Waals surface area contributed by atoms with Gasteiger partial charge in [0, 0.05) is 22.8 Å². The molecule has 0 saturated carbocycles. The van der Waals surface area contributed by atoms with Gasteiger partial charge in [-0.25, -0.2) is 8.78 Å². The molecule has 3 nitrogen and oxygen atoms in total. The number of carbonyl (C=O) groups is 1. The molecule has 0 aliphatic rings. The van der Waals surface area contributed by atoms with Gasteiger partial charge in [0.05, 0.1) is 6.42 Å². The molecule has 1 aromatic heterocycles. The second-order valence-corrected chi connectivity index (χ2v) is 3.83. The fourth-order valence-electron chi connectivity index (χ4n) is 1.48. The minimum absolute atomic E-state index is 0.159. The fraction of sp³-hybridized carbons (Fsp3) is 0.400. The van der Waals surface area contributed by atoms with Gasteiger partial charge in [-0.15, -0.1) is 0 Å². The molecule has 16 heavy (non-hydrogen) atoms. The lowest BCUT2D eigenvalue weighted by atomic mass is 10.00. The zero-order valence-electron chi connectivity index (χ0n) is 8.51. The summed E-state index contributed by atoms with van der Waals surface area (Å²) in [5, 5.41) is 9.01. The number of rotatable bonds is 4. The minimum Gasteiger partial charge on any atom is -0.481 e. The first-order chi connectivity index (χ1) is 7.47. The van der Waals surface area contributed by atoms with E-state index in [9.17, 15) is 13.6 Å². The Morgan fingerprint density at radius 3 is 2.69 bits per heavy atom. The fourth-order valence-corrected chi connectivity index (χ4v) is 1.96. The third kappa shape index (κ3) is 2.75. The van der Waals surface area contributed by atoms with Gasteiger partial charge in [0.1, 0.15) is 0 Å². The van der Waals surface area contributed by atoms with E-state index in [0.717, 1.165) is 0 Å². The molecule has 0 amide bonds. The van der Waals surface area contributed by atoms with E-state index in [1.165, 1.54) is 13.1 Å². The van der Waals surface area contributed by atoms with Crippen molar-refractivity contribution >= 4 is 21.9 Å². The van der Waals surface area contributed by atoms with E-state index >= 15 is 0 Å². The van der Waals surface area contributed by atoms with Crippen LogP contribution in [-0.2, 0) is 16.5 Å². The highest BCUT2D eigenvalue weighted by molar-refractivity contribution is 9.08. The lowest BCUT2D eigenvalue weighted by Gasteiger charge is -2.13. The van der Waals surface area contributed by atoms with Crippen molar-refractivity contribution in [2.24, 2.45) is 0 Å². The van der Waals surface area contributed by atoms with Gasteiger partial charge >= 0.3 is 5.97 Å². The maximum atomic E-state index is 12.8. The van der Waals surface area contributed by atoms with Crippen LogP contribution in [0, 0.1) is 6.92 Å². The van der Waals surface area contributed by atoms with Crippen LogP contribution in [-0.4, -0.2) is 16.1 Å². The van der Waals surface area contributed by atoms with Gasteiger partial charge in [-0.3, -0.25) is 9.78 Å². The lowest BCUT2D eigenvalue weighted by Crippen LogP contribution is -2.10. The van der Waals surface area contributed by atoms with Crippen molar-refractivity contribution in [3.63, 3.8) is 0 Å². The molecule has 0 saturated heterocycles. The quantitative estimate of drug-likeness (QED) is 0.869. The molecule has 0 aromatic carbocycles. The van der Waals surface area contributed by atoms with Gasteiger partial charge in [-0.1, -0.05) is 15.9 Å². The number of nitrogens with zero attached hydrogens (tertiary/aromatic N) is 1. The van der Waals surface area contributed by atoms with Crippen LogP contribution >= 0.6 is 15.9 Å². The summed E-state index contributed by atoms with van der Waals surface area (Å²) >= 11 is 3.13. The molecule has 6 heteroatoms. The van der Waals surface area contributed by atoms with E-state index in [1.807, 2.05) is 0 Å². The van der Waals surface area contributed by atoms with Crippen molar-refractivity contribution in [2.45, 2.75) is 25.1 Å². The van der Waals surface area contributed by atoms with Crippen LogP contribution in [0.4, 0.5) is 8.78 Å². The molecule has 0 unspecified atom stereocenters. The first-order valence-electron chi connectivity index (χ1n) is 4.50. The maximum Gasteiger partial charge on any atom is 0.307 e. The molecule has 1 rings (SSSR count). The zero-order valence-corrected chi connectivity index (χ0v) is 10.1. The van der Waals surface area contributed by atoms with Crippen molar-refractivity contribution < 1.29 is 18.7 Å². The zero-order chi connectivity index (χ0) is 12.3. The highest BCUT2D eigenvalue weighted by Crippen LogP contribution is 2.29. The normalized spacial score (nSPS) is 10.8. The third-order valence-corrected chi connectivity index (χ3v) is 2.81. The lowest BCUT2D eigenvalue weighted by molar-refractivity contribution is -0.136. The van der Waals surface area contributed by atoms with Gasteiger partial charge in [0.15, 0.2) is 0 Å². The number of carboxylic acid groups (broad SMARTS) is 1. The standard InChI is InChI=1S/C10H10BrF2NO2/c1-5-9(10(12)13)7(2-8(15)16)6(3-11)4-14-5/h4,10H,2-3H2,1H3,(H,15,16). The maximum absolute atomic E-state index is 12.8. The first-order valence-corrected chi connectivity index (χ1v) is 5.62. The summed E-state index contributed by atoms with van der Waals surface area (Å²) in [5.74, 6) is -1.13. The summed E-state index contributed by atoms with van der Waals surface area (Å²) < 4.78 is 25.6. The van der Waals surface area contributed by atoms with Gasteiger partial charge in [0.2, 0.25) is 0 Å². The van der Waals surface area contributed by atoms with Crippen LogP contribution in [0.15, 0.2) is 6.20 Å². The highest BCUT2D eigenvalue weighted by Gasteiger charge is 2.21. The van der Waals surface area contributed by atoms with Gasteiger partial charge < -0.3 is 5.11 Å². The Balaban J connectivity index is 3.36. The number of carboxylic acids is 1. The molecule has 0 spiro atoms. The van der Waals surface area contributed by atoms with Crippen molar-refractivity contribution in [1.29, 1.82) is 0 Å². The molecular formula is C10H10BrF2NO2. The number of aryl methyl sites for hydroxylation is 1. The Bertz CT molecular complexity index is 410. The summed E-state index contributed by atoms with van der Waals surface area (Å²) in [6, 6.07) is 0.